The molecule has 1 rings (SSSR count). The lowest BCUT2D eigenvalue weighted by atomic mass is 10.1. The Labute approximate surface area is 92.5 Å². The molecule has 1 aromatic rings. The van der Waals surface area contributed by atoms with Crippen LogP contribution in [0.1, 0.15) is 11.7 Å². The number of halogens is 1. The molecule has 2 unspecified atom stereocenters. The maximum atomic E-state index is 9.61. The van der Waals surface area contributed by atoms with E-state index in [0.29, 0.717) is 5.56 Å². The van der Waals surface area contributed by atoms with Crippen molar-refractivity contribution in [2.75, 3.05) is 13.7 Å². The lowest BCUT2D eigenvalue weighted by molar-refractivity contribution is 0.0241. The predicted molar refractivity (Wildman–Crippen MR) is 55.8 cm³/mol. The first kappa shape index (κ1) is 12.2. The summed E-state index contributed by atoms with van der Waals surface area (Å²) in [5.74, 6) is 0.273. The molecule has 1 aromatic heterocycles. The van der Waals surface area contributed by atoms with Gasteiger partial charge in [0.1, 0.15) is 11.1 Å². The number of hydrogen-bond donors (Lipinski definition) is 3. The number of aromatic nitrogens is 1. The number of nitrogens with two attached hydrogens (primary N) is 1. The van der Waals surface area contributed by atoms with Gasteiger partial charge in [0.15, 0.2) is 0 Å². The Balaban J connectivity index is 2.92. The zero-order valence-electron chi connectivity index (χ0n) is 8.22. The fourth-order valence-electron chi connectivity index (χ4n) is 1.10. The van der Waals surface area contributed by atoms with Crippen molar-refractivity contribution in [3.8, 4) is 5.88 Å². The molecule has 5 nitrogen and oxygen atoms in total. The number of methoxy groups -OCH3 is 1. The normalized spacial score (nSPS) is 14.7. The Morgan fingerprint density at radius 1 is 1.60 bits per heavy atom. The summed E-state index contributed by atoms with van der Waals surface area (Å²) in [4.78, 5) is 3.87. The zero-order valence-corrected chi connectivity index (χ0v) is 8.98. The van der Waals surface area contributed by atoms with Gasteiger partial charge in [0.05, 0.1) is 13.2 Å². The van der Waals surface area contributed by atoms with Crippen LogP contribution in [0.2, 0.25) is 5.02 Å². The summed E-state index contributed by atoms with van der Waals surface area (Å²) >= 11 is 5.81. The minimum atomic E-state index is -1.09. The molecule has 0 bridgehead atoms. The van der Waals surface area contributed by atoms with Crippen LogP contribution in [0.3, 0.4) is 0 Å². The van der Waals surface area contributed by atoms with Crippen LogP contribution in [0.5, 0.6) is 5.88 Å². The summed E-state index contributed by atoms with van der Waals surface area (Å²) < 4.78 is 4.85. The molecule has 4 N–H and O–H groups in total. The fraction of sp³-hybridized carbons (Fsp3) is 0.444. The molecule has 15 heavy (non-hydrogen) atoms. The van der Waals surface area contributed by atoms with E-state index in [1.807, 2.05) is 0 Å². The smallest absolute Gasteiger partial charge is 0.232 e. The fourth-order valence-corrected chi connectivity index (χ4v) is 1.36. The van der Waals surface area contributed by atoms with Crippen LogP contribution >= 0.6 is 11.6 Å². The molecule has 1 heterocycles. The van der Waals surface area contributed by atoms with Crippen LogP contribution in [0.4, 0.5) is 0 Å². The summed E-state index contributed by atoms with van der Waals surface area (Å²) in [6, 6.07) is 1.48. The van der Waals surface area contributed by atoms with Crippen LogP contribution < -0.4 is 10.5 Å². The Kier molecular flexibility index (Phi) is 4.28. The summed E-state index contributed by atoms with van der Waals surface area (Å²) in [5, 5.41) is 19.2. The van der Waals surface area contributed by atoms with E-state index in [9.17, 15) is 10.2 Å². The van der Waals surface area contributed by atoms with Crippen LogP contribution in [0, 0.1) is 0 Å². The van der Waals surface area contributed by atoms with Crippen molar-refractivity contribution in [1.82, 2.24) is 4.98 Å². The van der Waals surface area contributed by atoms with Crippen molar-refractivity contribution >= 4 is 11.6 Å². The molecule has 0 aromatic carbocycles. The largest absolute Gasteiger partial charge is 0.480 e. The molecule has 0 aliphatic rings. The van der Waals surface area contributed by atoms with Crippen molar-refractivity contribution in [2.45, 2.75) is 12.2 Å². The monoisotopic (exact) mass is 232 g/mol. The Bertz CT molecular complexity index is 335. The highest BCUT2D eigenvalue weighted by Crippen LogP contribution is 2.25. The van der Waals surface area contributed by atoms with Gasteiger partial charge in [0, 0.05) is 18.3 Å². The lowest BCUT2D eigenvalue weighted by Crippen LogP contribution is -2.27. The van der Waals surface area contributed by atoms with E-state index in [1.165, 1.54) is 19.4 Å². The van der Waals surface area contributed by atoms with Gasteiger partial charge < -0.3 is 20.7 Å². The van der Waals surface area contributed by atoms with Gasteiger partial charge in [-0.15, -0.1) is 0 Å². The average molecular weight is 233 g/mol. The molecule has 0 saturated carbocycles. The van der Waals surface area contributed by atoms with Gasteiger partial charge in [0.25, 0.3) is 0 Å². The molecule has 0 saturated heterocycles. The minimum Gasteiger partial charge on any atom is -0.480 e. The third-order valence-electron chi connectivity index (χ3n) is 1.97. The lowest BCUT2D eigenvalue weighted by Gasteiger charge is -2.16. The molecule has 0 aliphatic carbocycles. The first-order valence-corrected chi connectivity index (χ1v) is 4.73. The first-order valence-electron chi connectivity index (χ1n) is 4.35. The molecule has 2 atom stereocenters. The molecule has 6 heteroatoms. The number of ether oxygens (including phenoxy) is 1. The molecule has 0 aliphatic heterocycles. The Morgan fingerprint density at radius 2 is 2.27 bits per heavy atom. The molecular weight excluding hydrogens is 220 g/mol. The number of aliphatic hydroxyl groups excluding tert-OH is 2. The standard InChI is InChI=1S/C9H13ClN2O3/c1-15-9-6(10)2-5(4-12-9)8(14)7(13)3-11/h2,4,7-8,13-14H,3,11H2,1H3. The van der Waals surface area contributed by atoms with E-state index in [2.05, 4.69) is 4.98 Å². The van der Waals surface area contributed by atoms with E-state index < -0.39 is 12.2 Å². The van der Waals surface area contributed by atoms with Gasteiger partial charge in [-0.25, -0.2) is 4.98 Å². The predicted octanol–water partition coefficient (Wildman–Crippen LogP) is 0.0966. The van der Waals surface area contributed by atoms with Crippen molar-refractivity contribution < 1.29 is 14.9 Å². The van der Waals surface area contributed by atoms with Crippen LogP contribution in [-0.2, 0) is 0 Å². The number of rotatable bonds is 4. The maximum absolute atomic E-state index is 9.61. The SMILES string of the molecule is COc1ncc(C(O)C(O)CN)cc1Cl. The second-order valence-electron chi connectivity index (χ2n) is 3.01. The summed E-state index contributed by atoms with van der Waals surface area (Å²) in [6.45, 7) is -0.0369. The van der Waals surface area contributed by atoms with Gasteiger partial charge >= 0.3 is 0 Å². The Hall–Kier alpha value is -0.880. The molecule has 0 spiro atoms. The maximum Gasteiger partial charge on any atom is 0.232 e. The van der Waals surface area contributed by atoms with Gasteiger partial charge in [0.2, 0.25) is 5.88 Å². The second kappa shape index (κ2) is 5.27. The second-order valence-corrected chi connectivity index (χ2v) is 3.41. The quantitative estimate of drug-likeness (QED) is 0.685. The number of pyridine rings is 1. The first-order chi connectivity index (χ1) is 7.10. The van der Waals surface area contributed by atoms with E-state index in [4.69, 9.17) is 22.1 Å². The number of aliphatic hydroxyl groups is 2. The highest BCUT2D eigenvalue weighted by Gasteiger charge is 2.18. The highest BCUT2D eigenvalue weighted by atomic mass is 35.5. The molecular formula is C9H13ClN2O3. The molecule has 0 amide bonds. The topological polar surface area (TPSA) is 88.6 Å². The van der Waals surface area contributed by atoms with Gasteiger partial charge in [-0.05, 0) is 6.07 Å². The van der Waals surface area contributed by atoms with Crippen molar-refractivity contribution in [1.29, 1.82) is 0 Å². The van der Waals surface area contributed by atoms with Crippen LogP contribution in [0.25, 0.3) is 0 Å². The summed E-state index contributed by atoms with van der Waals surface area (Å²) in [7, 11) is 1.44. The van der Waals surface area contributed by atoms with E-state index in [0.717, 1.165) is 0 Å². The number of hydrogen-bond acceptors (Lipinski definition) is 5. The van der Waals surface area contributed by atoms with E-state index in [-0.39, 0.29) is 17.4 Å². The van der Waals surface area contributed by atoms with Crippen LogP contribution in [0.15, 0.2) is 12.3 Å². The van der Waals surface area contributed by atoms with Gasteiger partial charge in [-0.1, -0.05) is 11.6 Å². The van der Waals surface area contributed by atoms with Crippen molar-refractivity contribution in [3.63, 3.8) is 0 Å². The third kappa shape index (κ3) is 2.79. The third-order valence-corrected chi connectivity index (χ3v) is 2.24. The summed E-state index contributed by atoms with van der Waals surface area (Å²) in [5.41, 5.74) is 5.62. The van der Waals surface area contributed by atoms with Crippen LogP contribution in [-0.4, -0.2) is 35.0 Å². The highest BCUT2D eigenvalue weighted by molar-refractivity contribution is 6.31. The van der Waals surface area contributed by atoms with E-state index in [1.54, 1.807) is 0 Å². The Morgan fingerprint density at radius 3 is 2.73 bits per heavy atom. The molecule has 0 fully saturated rings. The summed E-state index contributed by atoms with van der Waals surface area (Å²) in [6.07, 6.45) is -0.740. The molecule has 0 radical (unpaired) electrons. The zero-order chi connectivity index (χ0) is 11.4. The minimum absolute atomic E-state index is 0.0369. The van der Waals surface area contributed by atoms with Gasteiger partial charge in [-0.3, -0.25) is 0 Å². The van der Waals surface area contributed by atoms with E-state index >= 15 is 0 Å². The average Bonchev–Trinajstić information content (AvgIpc) is 2.26. The number of nitrogens with zero attached hydrogens (tertiary/aromatic N) is 1. The van der Waals surface area contributed by atoms with Crippen molar-refractivity contribution in [3.05, 3.63) is 22.8 Å². The van der Waals surface area contributed by atoms with Crippen molar-refractivity contribution in [2.24, 2.45) is 5.73 Å². The molecule has 84 valence electrons. The van der Waals surface area contributed by atoms with Gasteiger partial charge in [-0.2, -0.15) is 0 Å².